The first-order valence-corrected chi connectivity index (χ1v) is 5.90. The molecule has 0 bridgehead atoms. The summed E-state index contributed by atoms with van der Waals surface area (Å²) in [6, 6.07) is 8.39. The van der Waals surface area contributed by atoms with E-state index in [0.717, 1.165) is 18.9 Å². The molecule has 18 heavy (non-hydrogen) atoms. The quantitative estimate of drug-likeness (QED) is 0.833. The standard InChI is InChI=1S/C13H18N4O/c1-17-10-15-16-13(17)8-14-7-11-3-5-12(6-4-11)9-18-2/h3-6,10,14H,7-9H2,1-2H3. The van der Waals surface area contributed by atoms with E-state index in [9.17, 15) is 0 Å². The third kappa shape index (κ3) is 3.38. The smallest absolute Gasteiger partial charge is 0.146 e. The molecule has 0 fully saturated rings. The van der Waals surface area contributed by atoms with Crippen LogP contribution in [-0.2, 0) is 31.5 Å². The van der Waals surface area contributed by atoms with E-state index in [4.69, 9.17) is 4.74 Å². The van der Waals surface area contributed by atoms with Crippen LogP contribution in [0.4, 0.5) is 0 Å². The number of nitrogens with one attached hydrogen (secondary N) is 1. The summed E-state index contributed by atoms with van der Waals surface area (Å²) in [5, 5.41) is 11.2. The number of benzene rings is 1. The van der Waals surface area contributed by atoms with Crippen LogP contribution in [0.1, 0.15) is 17.0 Å². The Balaban J connectivity index is 1.81. The molecule has 5 nitrogen and oxygen atoms in total. The number of nitrogens with zero attached hydrogens (tertiary/aromatic N) is 3. The highest BCUT2D eigenvalue weighted by Gasteiger charge is 2.00. The first kappa shape index (κ1) is 12.7. The van der Waals surface area contributed by atoms with Crippen LogP contribution in [0.25, 0.3) is 0 Å². The minimum absolute atomic E-state index is 0.659. The second-order valence-electron chi connectivity index (χ2n) is 4.21. The van der Waals surface area contributed by atoms with Crippen molar-refractivity contribution in [1.29, 1.82) is 0 Å². The van der Waals surface area contributed by atoms with Crippen molar-refractivity contribution in [3.05, 3.63) is 47.5 Å². The van der Waals surface area contributed by atoms with E-state index < -0.39 is 0 Å². The number of hydrogen-bond donors (Lipinski definition) is 1. The molecule has 2 rings (SSSR count). The Labute approximate surface area is 107 Å². The highest BCUT2D eigenvalue weighted by Crippen LogP contribution is 2.05. The normalized spacial score (nSPS) is 10.8. The molecule has 1 aromatic heterocycles. The van der Waals surface area contributed by atoms with Crippen LogP contribution in [0.5, 0.6) is 0 Å². The number of ether oxygens (including phenoxy) is 1. The van der Waals surface area contributed by atoms with E-state index in [1.807, 2.05) is 11.6 Å². The molecule has 0 radical (unpaired) electrons. The lowest BCUT2D eigenvalue weighted by molar-refractivity contribution is 0.185. The van der Waals surface area contributed by atoms with Crippen LogP contribution < -0.4 is 5.32 Å². The van der Waals surface area contributed by atoms with Gasteiger partial charge in [-0.05, 0) is 11.1 Å². The van der Waals surface area contributed by atoms with E-state index in [2.05, 4.69) is 39.8 Å². The lowest BCUT2D eigenvalue weighted by Gasteiger charge is -2.05. The highest BCUT2D eigenvalue weighted by atomic mass is 16.5. The number of hydrogen-bond acceptors (Lipinski definition) is 4. The third-order valence-electron chi connectivity index (χ3n) is 2.75. The zero-order chi connectivity index (χ0) is 12.8. The van der Waals surface area contributed by atoms with Crippen molar-refractivity contribution >= 4 is 0 Å². The lowest BCUT2D eigenvalue weighted by atomic mass is 10.1. The van der Waals surface area contributed by atoms with Crippen LogP contribution in [0.2, 0.25) is 0 Å². The largest absolute Gasteiger partial charge is 0.380 e. The Morgan fingerprint density at radius 2 is 1.89 bits per heavy atom. The fourth-order valence-electron chi connectivity index (χ4n) is 1.71. The van der Waals surface area contributed by atoms with Gasteiger partial charge in [-0.15, -0.1) is 10.2 Å². The molecule has 0 aliphatic carbocycles. The van der Waals surface area contributed by atoms with Gasteiger partial charge in [0, 0.05) is 20.7 Å². The van der Waals surface area contributed by atoms with E-state index in [1.54, 1.807) is 13.4 Å². The van der Waals surface area contributed by atoms with Gasteiger partial charge in [0.1, 0.15) is 12.2 Å². The molecule has 0 aliphatic rings. The van der Waals surface area contributed by atoms with Crippen molar-refractivity contribution in [3.63, 3.8) is 0 Å². The maximum Gasteiger partial charge on any atom is 0.146 e. The second-order valence-corrected chi connectivity index (χ2v) is 4.21. The minimum atomic E-state index is 0.659. The Hall–Kier alpha value is -1.72. The molecule has 0 unspecified atom stereocenters. The fourth-order valence-corrected chi connectivity index (χ4v) is 1.71. The predicted molar refractivity (Wildman–Crippen MR) is 68.7 cm³/mol. The summed E-state index contributed by atoms with van der Waals surface area (Å²) in [5.41, 5.74) is 2.44. The molecule has 1 aromatic carbocycles. The molecule has 0 atom stereocenters. The molecule has 0 saturated carbocycles. The van der Waals surface area contributed by atoms with Crippen molar-refractivity contribution in [3.8, 4) is 0 Å². The van der Waals surface area contributed by atoms with Gasteiger partial charge in [-0.2, -0.15) is 0 Å². The van der Waals surface area contributed by atoms with Gasteiger partial charge in [0.05, 0.1) is 13.2 Å². The minimum Gasteiger partial charge on any atom is -0.380 e. The van der Waals surface area contributed by atoms with Gasteiger partial charge >= 0.3 is 0 Å². The summed E-state index contributed by atoms with van der Waals surface area (Å²) < 4.78 is 6.99. The van der Waals surface area contributed by atoms with Crippen LogP contribution in [0, 0.1) is 0 Å². The summed E-state index contributed by atoms with van der Waals surface area (Å²) in [7, 11) is 3.65. The Bertz CT molecular complexity index is 478. The predicted octanol–water partition coefficient (Wildman–Crippen LogP) is 1.25. The van der Waals surface area contributed by atoms with E-state index in [0.29, 0.717) is 6.61 Å². The van der Waals surface area contributed by atoms with Crippen LogP contribution in [0.3, 0.4) is 0 Å². The first-order valence-electron chi connectivity index (χ1n) is 5.90. The molecule has 5 heteroatoms. The number of methoxy groups -OCH3 is 1. The first-order chi connectivity index (χ1) is 8.79. The van der Waals surface area contributed by atoms with Crippen molar-refractivity contribution in [2.24, 2.45) is 7.05 Å². The molecular formula is C13H18N4O. The molecule has 1 heterocycles. The van der Waals surface area contributed by atoms with Crippen molar-refractivity contribution in [2.45, 2.75) is 19.7 Å². The fraction of sp³-hybridized carbons (Fsp3) is 0.385. The van der Waals surface area contributed by atoms with Crippen LogP contribution in [0.15, 0.2) is 30.6 Å². The van der Waals surface area contributed by atoms with Gasteiger partial charge in [-0.25, -0.2) is 0 Å². The van der Waals surface area contributed by atoms with Gasteiger partial charge < -0.3 is 14.6 Å². The Morgan fingerprint density at radius 1 is 1.17 bits per heavy atom. The molecule has 2 aromatic rings. The van der Waals surface area contributed by atoms with Crippen molar-refractivity contribution in [1.82, 2.24) is 20.1 Å². The molecule has 0 aliphatic heterocycles. The van der Waals surface area contributed by atoms with Gasteiger partial charge in [-0.3, -0.25) is 0 Å². The zero-order valence-corrected chi connectivity index (χ0v) is 10.8. The number of rotatable bonds is 6. The zero-order valence-electron chi connectivity index (χ0n) is 10.8. The second kappa shape index (κ2) is 6.28. The summed E-state index contributed by atoms with van der Waals surface area (Å²) in [4.78, 5) is 0. The summed E-state index contributed by atoms with van der Waals surface area (Å²) in [5.74, 6) is 0.936. The Kier molecular flexibility index (Phi) is 4.44. The number of aromatic nitrogens is 3. The molecular weight excluding hydrogens is 228 g/mol. The maximum atomic E-state index is 5.08. The average Bonchev–Trinajstić information content (AvgIpc) is 2.78. The molecule has 0 saturated heterocycles. The van der Waals surface area contributed by atoms with Crippen LogP contribution >= 0.6 is 0 Å². The van der Waals surface area contributed by atoms with Gasteiger partial charge in [0.2, 0.25) is 0 Å². The molecule has 96 valence electrons. The van der Waals surface area contributed by atoms with Gasteiger partial charge in [0.15, 0.2) is 0 Å². The summed E-state index contributed by atoms with van der Waals surface area (Å²) >= 11 is 0. The monoisotopic (exact) mass is 246 g/mol. The Morgan fingerprint density at radius 3 is 2.50 bits per heavy atom. The molecule has 0 spiro atoms. The van der Waals surface area contributed by atoms with E-state index in [-0.39, 0.29) is 0 Å². The van der Waals surface area contributed by atoms with Crippen LogP contribution in [-0.4, -0.2) is 21.9 Å². The topological polar surface area (TPSA) is 52.0 Å². The third-order valence-corrected chi connectivity index (χ3v) is 2.75. The summed E-state index contributed by atoms with van der Waals surface area (Å²) in [6.45, 7) is 2.20. The van der Waals surface area contributed by atoms with Gasteiger partial charge in [-0.1, -0.05) is 24.3 Å². The van der Waals surface area contributed by atoms with Crippen molar-refractivity contribution < 1.29 is 4.74 Å². The highest BCUT2D eigenvalue weighted by molar-refractivity contribution is 5.21. The van der Waals surface area contributed by atoms with E-state index in [1.165, 1.54) is 11.1 Å². The SMILES string of the molecule is COCc1ccc(CNCc2nncn2C)cc1. The molecule has 0 amide bonds. The van der Waals surface area contributed by atoms with Gasteiger partial charge in [0.25, 0.3) is 0 Å². The van der Waals surface area contributed by atoms with E-state index >= 15 is 0 Å². The maximum absolute atomic E-state index is 5.08. The summed E-state index contributed by atoms with van der Waals surface area (Å²) in [6.07, 6.45) is 1.70. The average molecular weight is 246 g/mol. The van der Waals surface area contributed by atoms with Crippen molar-refractivity contribution in [2.75, 3.05) is 7.11 Å². The lowest BCUT2D eigenvalue weighted by Crippen LogP contribution is -2.15. The molecule has 1 N–H and O–H groups in total. The number of aryl methyl sites for hydroxylation is 1.